The molecule has 1 aliphatic carbocycles. The maximum Gasteiger partial charge on any atom is 0.345 e. The Morgan fingerprint density at radius 3 is 2.76 bits per heavy atom. The molecule has 2 bridgehead atoms. The third-order valence-corrected chi connectivity index (χ3v) is 5.75. The third kappa shape index (κ3) is 2.42. The van der Waals surface area contributed by atoms with E-state index in [4.69, 9.17) is 0 Å². The van der Waals surface area contributed by atoms with E-state index in [1.807, 2.05) is 11.9 Å². The molecule has 8 heteroatoms. The van der Waals surface area contributed by atoms with E-state index in [9.17, 15) is 9.59 Å². The van der Waals surface area contributed by atoms with Crippen LogP contribution >= 0.6 is 0 Å². The van der Waals surface area contributed by atoms with Gasteiger partial charge in [0, 0.05) is 38.8 Å². The summed E-state index contributed by atoms with van der Waals surface area (Å²) in [7, 11) is 1.81. The third-order valence-electron chi connectivity index (χ3n) is 5.75. The average molecular weight is 342 g/mol. The van der Waals surface area contributed by atoms with Crippen molar-refractivity contribution >= 4 is 5.91 Å². The number of carbonyl (C=O) groups is 1. The Hall–Kier alpha value is -2.38. The van der Waals surface area contributed by atoms with Crippen molar-refractivity contribution in [1.82, 2.24) is 29.0 Å². The van der Waals surface area contributed by atoms with Crippen LogP contribution in [0.3, 0.4) is 0 Å². The van der Waals surface area contributed by atoms with E-state index in [1.165, 1.54) is 12.8 Å². The molecular weight excluding hydrogens is 320 g/mol. The molecule has 2 aromatic heterocycles. The van der Waals surface area contributed by atoms with Gasteiger partial charge in [-0.2, -0.15) is 10.2 Å². The number of hydrogen-bond donors (Lipinski definition) is 0. The molecule has 0 aromatic carbocycles. The molecule has 1 saturated heterocycles. The molecule has 4 heterocycles. The normalized spacial score (nSPS) is 25.1. The molecular formula is C17H22N6O2. The number of aryl methyl sites for hydroxylation is 1. The molecule has 8 nitrogen and oxygen atoms in total. The molecule has 0 unspecified atom stereocenters. The van der Waals surface area contributed by atoms with Gasteiger partial charge in [0.2, 0.25) is 0 Å². The lowest BCUT2D eigenvalue weighted by Gasteiger charge is -2.27. The maximum atomic E-state index is 13.0. The summed E-state index contributed by atoms with van der Waals surface area (Å²) in [6.07, 6.45) is 8.36. The molecule has 132 valence electrons. The first kappa shape index (κ1) is 14.9. The number of amides is 1. The fourth-order valence-electron chi connectivity index (χ4n) is 4.26. The molecule has 2 aliphatic heterocycles. The van der Waals surface area contributed by atoms with Gasteiger partial charge in [-0.15, -0.1) is 0 Å². The minimum atomic E-state index is -0.0109. The van der Waals surface area contributed by atoms with Crippen LogP contribution in [0.2, 0.25) is 0 Å². The van der Waals surface area contributed by atoms with Gasteiger partial charge in [-0.05, 0) is 31.6 Å². The zero-order chi connectivity index (χ0) is 17.1. The van der Waals surface area contributed by atoms with Crippen LogP contribution in [-0.4, -0.2) is 47.0 Å². The first-order chi connectivity index (χ1) is 12.1. The van der Waals surface area contributed by atoms with Crippen molar-refractivity contribution in [1.29, 1.82) is 0 Å². The Morgan fingerprint density at radius 2 is 2.04 bits per heavy atom. The summed E-state index contributed by atoms with van der Waals surface area (Å²) >= 11 is 0. The highest BCUT2D eigenvalue weighted by molar-refractivity contribution is 5.94. The van der Waals surface area contributed by atoms with Crippen molar-refractivity contribution in [2.45, 2.75) is 57.3 Å². The van der Waals surface area contributed by atoms with Gasteiger partial charge in [0.1, 0.15) is 5.82 Å². The predicted molar refractivity (Wildman–Crippen MR) is 89.1 cm³/mol. The highest BCUT2D eigenvalue weighted by atomic mass is 16.2. The zero-order valence-electron chi connectivity index (χ0n) is 14.3. The van der Waals surface area contributed by atoms with E-state index in [0.29, 0.717) is 24.4 Å². The van der Waals surface area contributed by atoms with E-state index >= 15 is 0 Å². The fraction of sp³-hybridized carbons (Fsp3) is 0.647. The van der Waals surface area contributed by atoms with Gasteiger partial charge in [0.25, 0.3) is 5.91 Å². The molecule has 1 amide bonds. The lowest BCUT2D eigenvalue weighted by Crippen LogP contribution is -2.42. The van der Waals surface area contributed by atoms with E-state index < -0.39 is 0 Å². The number of aromatic nitrogens is 5. The lowest BCUT2D eigenvalue weighted by atomic mass is 10.1. The van der Waals surface area contributed by atoms with Crippen molar-refractivity contribution in [2.24, 2.45) is 13.0 Å². The second-order valence-electron chi connectivity index (χ2n) is 7.64. The van der Waals surface area contributed by atoms with Gasteiger partial charge in [0.15, 0.2) is 0 Å². The molecule has 2 atom stereocenters. The molecule has 2 fully saturated rings. The van der Waals surface area contributed by atoms with Gasteiger partial charge < -0.3 is 4.90 Å². The van der Waals surface area contributed by atoms with Crippen molar-refractivity contribution in [3.05, 3.63) is 34.3 Å². The van der Waals surface area contributed by atoms with E-state index in [1.54, 1.807) is 26.3 Å². The summed E-state index contributed by atoms with van der Waals surface area (Å²) in [4.78, 5) is 27.6. The highest BCUT2D eigenvalue weighted by Gasteiger charge is 2.42. The van der Waals surface area contributed by atoms with Crippen LogP contribution in [0, 0.1) is 5.92 Å². The van der Waals surface area contributed by atoms with Gasteiger partial charge in [-0.1, -0.05) is 0 Å². The first-order valence-corrected chi connectivity index (χ1v) is 9.08. The number of rotatable bonds is 3. The second-order valence-corrected chi connectivity index (χ2v) is 7.64. The largest absolute Gasteiger partial charge is 0.345 e. The quantitative estimate of drug-likeness (QED) is 0.810. The van der Waals surface area contributed by atoms with E-state index in [-0.39, 0.29) is 23.7 Å². The Morgan fingerprint density at radius 1 is 1.24 bits per heavy atom. The average Bonchev–Trinajstić information content (AvgIpc) is 3.10. The maximum absolute atomic E-state index is 13.0. The molecule has 5 rings (SSSR count). The van der Waals surface area contributed by atoms with Crippen molar-refractivity contribution in [2.75, 3.05) is 0 Å². The Kier molecular flexibility index (Phi) is 3.17. The summed E-state index contributed by atoms with van der Waals surface area (Å²) in [5.74, 6) is 1.48. The smallest absolute Gasteiger partial charge is 0.330 e. The highest BCUT2D eigenvalue weighted by Crippen LogP contribution is 2.33. The van der Waals surface area contributed by atoms with Gasteiger partial charge in [-0.25, -0.2) is 9.48 Å². The van der Waals surface area contributed by atoms with Crippen LogP contribution in [0.4, 0.5) is 0 Å². The summed E-state index contributed by atoms with van der Waals surface area (Å²) in [5, 5.41) is 8.71. The molecule has 25 heavy (non-hydrogen) atoms. The standard InChI is InChI=1S/C17H22N6O2/c1-20-9-12(7-18-20)16(24)23-13-4-5-14(23)10-21-15(6-13)19-22(17(21)25)8-11-2-3-11/h7,9,11,13-14H,2-6,8,10H2,1H3/t13-,14+/m0/s1. The fourth-order valence-corrected chi connectivity index (χ4v) is 4.26. The van der Waals surface area contributed by atoms with Crippen LogP contribution < -0.4 is 5.69 Å². The zero-order valence-corrected chi connectivity index (χ0v) is 14.3. The predicted octanol–water partition coefficient (Wildman–Crippen LogP) is 0.418. The minimum Gasteiger partial charge on any atom is -0.330 e. The van der Waals surface area contributed by atoms with Crippen molar-refractivity contribution in [3.63, 3.8) is 0 Å². The van der Waals surface area contributed by atoms with Gasteiger partial charge >= 0.3 is 5.69 Å². The molecule has 0 N–H and O–H groups in total. The Bertz CT molecular complexity index is 889. The van der Waals surface area contributed by atoms with E-state index in [2.05, 4.69) is 10.2 Å². The monoisotopic (exact) mass is 342 g/mol. The first-order valence-electron chi connectivity index (χ1n) is 9.08. The van der Waals surface area contributed by atoms with E-state index in [0.717, 1.165) is 25.2 Å². The summed E-state index contributed by atoms with van der Waals surface area (Å²) in [6.45, 7) is 1.30. The summed E-state index contributed by atoms with van der Waals surface area (Å²) < 4.78 is 5.09. The molecule has 3 aliphatic rings. The second kappa shape index (κ2) is 5.31. The molecule has 2 aromatic rings. The van der Waals surface area contributed by atoms with Crippen LogP contribution in [0.25, 0.3) is 0 Å². The van der Waals surface area contributed by atoms with Crippen LogP contribution in [-0.2, 0) is 26.6 Å². The minimum absolute atomic E-state index is 0.0109. The lowest BCUT2D eigenvalue weighted by molar-refractivity contribution is 0.0664. The van der Waals surface area contributed by atoms with Crippen LogP contribution in [0.5, 0.6) is 0 Å². The summed E-state index contributed by atoms with van der Waals surface area (Å²) in [6, 6.07) is 0.186. The number of hydrogen-bond acceptors (Lipinski definition) is 4. The van der Waals surface area contributed by atoms with Crippen LogP contribution in [0.1, 0.15) is 41.9 Å². The molecule has 1 saturated carbocycles. The van der Waals surface area contributed by atoms with Gasteiger partial charge in [-0.3, -0.25) is 14.0 Å². The number of fused-ring (bicyclic) bond motifs is 3. The Balaban J connectivity index is 1.45. The van der Waals surface area contributed by atoms with Crippen molar-refractivity contribution in [3.8, 4) is 0 Å². The van der Waals surface area contributed by atoms with Gasteiger partial charge in [0.05, 0.1) is 17.8 Å². The number of nitrogens with zero attached hydrogens (tertiary/aromatic N) is 6. The topological polar surface area (TPSA) is 78.0 Å². The SMILES string of the molecule is Cn1cc(C(=O)N2[C@@H]3CC[C@H]2Cc2nn(CC4CC4)c(=O)n2C3)cn1. The van der Waals surface area contributed by atoms with Crippen molar-refractivity contribution < 1.29 is 4.79 Å². The Labute approximate surface area is 145 Å². The molecule has 0 radical (unpaired) electrons. The number of carbonyl (C=O) groups excluding carboxylic acids is 1. The summed E-state index contributed by atoms with van der Waals surface area (Å²) in [5.41, 5.74) is 0.605. The van der Waals surface area contributed by atoms with Crippen LogP contribution in [0.15, 0.2) is 17.2 Å². The molecule has 0 spiro atoms.